The van der Waals surface area contributed by atoms with Gasteiger partial charge in [-0.05, 0) is 33.3 Å². The van der Waals surface area contributed by atoms with Crippen LogP contribution in [0.15, 0.2) is 12.5 Å². The van der Waals surface area contributed by atoms with E-state index in [1.54, 1.807) is 0 Å². The molecule has 1 heterocycles. The number of rotatable bonds is 3. The number of ether oxygens (including phenoxy) is 1. The topological polar surface area (TPSA) is 12.5 Å². The van der Waals surface area contributed by atoms with E-state index in [1.807, 2.05) is 13.8 Å². The van der Waals surface area contributed by atoms with E-state index in [0.717, 1.165) is 19.0 Å². The van der Waals surface area contributed by atoms with Crippen LogP contribution in [0.25, 0.3) is 0 Å². The molecule has 1 aliphatic rings. The molecule has 64 valence electrons. The Balaban J connectivity index is 2.28. The number of nitrogens with zero attached hydrogens (tertiary/aromatic N) is 1. The predicted octanol–water partition coefficient (Wildman–Crippen LogP) is 1.98. The third kappa shape index (κ3) is 2.45. The lowest BCUT2D eigenvalue weighted by Crippen LogP contribution is -2.21. The summed E-state index contributed by atoms with van der Waals surface area (Å²) in [6.45, 7) is 10.2. The largest absolute Gasteiger partial charge is 0.477 e. The molecule has 0 spiro atoms. The molecular weight excluding hydrogens is 138 g/mol. The van der Waals surface area contributed by atoms with Crippen LogP contribution in [0.1, 0.15) is 26.7 Å². The van der Waals surface area contributed by atoms with Crippen LogP contribution in [-0.2, 0) is 4.74 Å². The summed E-state index contributed by atoms with van der Waals surface area (Å²) in [4.78, 5) is 2.21. The van der Waals surface area contributed by atoms with Crippen LogP contribution >= 0.6 is 0 Å². The van der Waals surface area contributed by atoms with Crippen LogP contribution in [0.5, 0.6) is 0 Å². The van der Waals surface area contributed by atoms with Crippen LogP contribution in [0.3, 0.4) is 0 Å². The van der Waals surface area contributed by atoms with Crippen molar-refractivity contribution in [1.82, 2.24) is 4.90 Å². The molecular formula is C9H17NO. The molecule has 0 atom stereocenters. The summed E-state index contributed by atoms with van der Waals surface area (Å²) in [5, 5.41) is 0. The molecule has 0 unspecified atom stereocenters. The Bertz CT molecular complexity index is 136. The minimum atomic E-state index is 0.253. The van der Waals surface area contributed by atoms with Crippen molar-refractivity contribution in [3.8, 4) is 0 Å². The van der Waals surface area contributed by atoms with Gasteiger partial charge in [-0.3, -0.25) is 0 Å². The van der Waals surface area contributed by atoms with E-state index >= 15 is 0 Å². The number of hydrogen-bond acceptors (Lipinski definition) is 2. The highest BCUT2D eigenvalue weighted by atomic mass is 16.5. The van der Waals surface area contributed by atoms with E-state index in [0.29, 0.717) is 0 Å². The molecule has 0 aliphatic carbocycles. The molecule has 2 nitrogen and oxygen atoms in total. The van der Waals surface area contributed by atoms with Gasteiger partial charge in [0.25, 0.3) is 0 Å². The van der Waals surface area contributed by atoms with Crippen molar-refractivity contribution in [3.05, 3.63) is 12.5 Å². The summed E-state index contributed by atoms with van der Waals surface area (Å²) in [6.07, 6.45) is 2.81. The summed E-state index contributed by atoms with van der Waals surface area (Å²) in [6, 6.07) is 0. The van der Waals surface area contributed by atoms with Gasteiger partial charge in [0.2, 0.25) is 0 Å². The molecule has 0 aromatic carbocycles. The highest BCUT2D eigenvalue weighted by Crippen LogP contribution is 2.14. The summed E-state index contributed by atoms with van der Waals surface area (Å²) in [5.41, 5.74) is 0. The van der Waals surface area contributed by atoms with Crippen molar-refractivity contribution >= 4 is 0 Å². The second kappa shape index (κ2) is 3.65. The first kappa shape index (κ1) is 8.44. The molecule has 11 heavy (non-hydrogen) atoms. The van der Waals surface area contributed by atoms with Gasteiger partial charge in [0.15, 0.2) is 5.88 Å². The number of likely N-dealkylation sites (tertiary alicyclic amines) is 1. The van der Waals surface area contributed by atoms with Crippen LogP contribution < -0.4 is 0 Å². The standard InChI is InChI=1S/C9H17NO/c1-8(2)11-9(3)10-6-4-5-7-10/h8H,3-7H2,1-2H3. The van der Waals surface area contributed by atoms with Crippen molar-refractivity contribution in [3.63, 3.8) is 0 Å². The van der Waals surface area contributed by atoms with Gasteiger partial charge in [-0.2, -0.15) is 0 Å². The minimum absolute atomic E-state index is 0.253. The van der Waals surface area contributed by atoms with Gasteiger partial charge in [0.05, 0.1) is 6.10 Å². The van der Waals surface area contributed by atoms with Gasteiger partial charge < -0.3 is 9.64 Å². The summed E-state index contributed by atoms with van der Waals surface area (Å²) in [5.74, 6) is 0.845. The van der Waals surface area contributed by atoms with E-state index < -0.39 is 0 Å². The molecule has 1 rings (SSSR count). The second-order valence-electron chi connectivity index (χ2n) is 3.25. The molecule has 0 saturated carbocycles. The maximum Gasteiger partial charge on any atom is 0.182 e. The predicted molar refractivity (Wildman–Crippen MR) is 46.2 cm³/mol. The Morgan fingerprint density at radius 2 is 1.91 bits per heavy atom. The first-order valence-corrected chi connectivity index (χ1v) is 4.30. The van der Waals surface area contributed by atoms with E-state index in [1.165, 1.54) is 12.8 Å². The summed E-state index contributed by atoms with van der Waals surface area (Å²) < 4.78 is 5.47. The molecule has 0 N–H and O–H groups in total. The van der Waals surface area contributed by atoms with E-state index in [2.05, 4.69) is 11.5 Å². The Morgan fingerprint density at radius 1 is 1.36 bits per heavy atom. The van der Waals surface area contributed by atoms with E-state index in [-0.39, 0.29) is 6.10 Å². The summed E-state index contributed by atoms with van der Waals surface area (Å²) in [7, 11) is 0. The van der Waals surface area contributed by atoms with Gasteiger partial charge in [-0.1, -0.05) is 0 Å². The molecule has 0 bridgehead atoms. The third-order valence-corrected chi connectivity index (χ3v) is 1.83. The lowest BCUT2D eigenvalue weighted by Gasteiger charge is -2.22. The van der Waals surface area contributed by atoms with Gasteiger partial charge in [0, 0.05) is 13.1 Å². The van der Waals surface area contributed by atoms with Crippen molar-refractivity contribution in [1.29, 1.82) is 0 Å². The van der Waals surface area contributed by atoms with Gasteiger partial charge >= 0.3 is 0 Å². The maximum absolute atomic E-state index is 5.47. The second-order valence-corrected chi connectivity index (χ2v) is 3.25. The van der Waals surface area contributed by atoms with Gasteiger partial charge in [-0.15, -0.1) is 0 Å². The molecule has 0 amide bonds. The average molecular weight is 155 g/mol. The summed E-state index contributed by atoms with van der Waals surface area (Å²) >= 11 is 0. The van der Waals surface area contributed by atoms with Crippen LogP contribution in [0, 0.1) is 0 Å². The highest BCUT2D eigenvalue weighted by molar-refractivity contribution is 4.86. The normalized spacial score (nSPS) is 17.5. The van der Waals surface area contributed by atoms with Crippen LogP contribution in [0.4, 0.5) is 0 Å². The molecule has 2 heteroatoms. The Labute approximate surface area is 68.8 Å². The molecule has 1 fully saturated rings. The van der Waals surface area contributed by atoms with Crippen molar-refractivity contribution in [2.45, 2.75) is 32.8 Å². The molecule has 0 aromatic rings. The lowest BCUT2D eigenvalue weighted by molar-refractivity contribution is 0.0823. The van der Waals surface area contributed by atoms with E-state index in [4.69, 9.17) is 4.74 Å². The Hall–Kier alpha value is -0.660. The molecule has 0 aromatic heterocycles. The molecule has 1 saturated heterocycles. The minimum Gasteiger partial charge on any atom is -0.477 e. The lowest BCUT2D eigenvalue weighted by atomic mass is 10.4. The van der Waals surface area contributed by atoms with Crippen molar-refractivity contribution in [2.75, 3.05) is 13.1 Å². The highest BCUT2D eigenvalue weighted by Gasteiger charge is 2.14. The number of hydrogen-bond donors (Lipinski definition) is 0. The fourth-order valence-electron chi connectivity index (χ4n) is 1.31. The fraction of sp³-hybridized carbons (Fsp3) is 0.778. The quantitative estimate of drug-likeness (QED) is 0.578. The Kier molecular flexibility index (Phi) is 2.80. The average Bonchev–Trinajstić information content (AvgIpc) is 2.35. The molecule has 1 aliphatic heterocycles. The smallest absolute Gasteiger partial charge is 0.182 e. The van der Waals surface area contributed by atoms with Crippen molar-refractivity contribution < 1.29 is 4.74 Å². The maximum atomic E-state index is 5.47. The van der Waals surface area contributed by atoms with Gasteiger partial charge in [-0.25, -0.2) is 0 Å². The Morgan fingerprint density at radius 3 is 2.36 bits per heavy atom. The zero-order valence-corrected chi connectivity index (χ0v) is 7.47. The monoisotopic (exact) mass is 155 g/mol. The molecule has 0 radical (unpaired) electrons. The fourth-order valence-corrected chi connectivity index (χ4v) is 1.31. The van der Waals surface area contributed by atoms with E-state index in [9.17, 15) is 0 Å². The first-order chi connectivity index (χ1) is 5.20. The third-order valence-electron chi connectivity index (χ3n) is 1.83. The van der Waals surface area contributed by atoms with Crippen molar-refractivity contribution in [2.24, 2.45) is 0 Å². The van der Waals surface area contributed by atoms with Crippen LogP contribution in [0.2, 0.25) is 0 Å². The van der Waals surface area contributed by atoms with Crippen LogP contribution in [-0.4, -0.2) is 24.1 Å². The van der Waals surface area contributed by atoms with Gasteiger partial charge in [0.1, 0.15) is 0 Å². The zero-order chi connectivity index (χ0) is 8.27. The first-order valence-electron chi connectivity index (χ1n) is 4.30. The SMILES string of the molecule is C=C(OC(C)C)N1CCCC1. The zero-order valence-electron chi connectivity index (χ0n) is 7.47.